The molecule has 0 saturated carbocycles. The van der Waals surface area contributed by atoms with Crippen molar-refractivity contribution in [3.05, 3.63) is 199 Å². The number of pyridine rings is 1. The highest BCUT2D eigenvalue weighted by Crippen LogP contribution is 2.41. The van der Waals surface area contributed by atoms with E-state index in [-0.39, 0.29) is 12.3 Å². The van der Waals surface area contributed by atoms with E-state index in [2.05, 4.69) is 171 Å². The minimum absolute atomic E-state index is 0.114. The van der Waals surface area contributed by atoms with Crippen molar-refractivity contribution in [2.45, 2.75) is 12.3 Å². The molecule has 4 heterocycles. The number of nitrogens with zero attached hydrogens (tertiary/aromatic N) is 4. The van der Waals surface area contributed by atoms with Crippen LogP contribution in [0.5, 0.6) is 0 Å². The Bertz CT molecular complexity index is 3040. The van der Waals surface area contributed by atoms with Gasteiger partial charge in [0.05, 0.1) is 22.1 Å². The molecule has 0 fully saturated rings. The highest BCUT2D eigenvalue weighted by atomic mass is 15.3. The third kappa shape index (κ3) is 4.85. The second-order valence-corrected chi connectivity index (χ2v) is 13.9. The molecule has 10 aromatic rings. The Morgan fingerprint density at radius 1 is 0.481 bits per heavy atom. The van der Waals surface area contributed by atoms with Gasteiger partial charge in [0, 0.05) is 44.6 Å². The monoisotopic (exact) mass is 694 g/mol. The molecule has 256 valence electrons. The van der Waals surface area contributed by atoms with Crippen LogP contribution in [0.1, 0.15) is 29.0 Å². The third-order valence-electron chi connectivity index (χ3n) is 10.8. The van der Waals surface area contributed by atoms with Crippen molar-refractivity contribution in [3.8, 4) is 11.5 Å². The molecule has 2 N–H and O–H groups in total. The van der Waals surface area contributed by atoms with Crippen molar-refractivity contribution in [1.82, 2.24) is 24.8 Å². The van der Waals surface area contributed by atoms with Gasteiger partial charge in [0.25, 0.3) is 0 Å². The molecule has 2 unspecified atom stereocenters. The largest absolute Gasteiger partial charge is 0.350 e. The topological polar surface area (TPSA) is 59.2 Å². The highest BCUT2D eigenvalue weighted by molar-refractivity contribution is 6.25. The Balaban J connectivity index is 1.09. The van der Waals surface area contributed by atoms with Crippen LogP contribution in [0.15, 0.2) is 187 Å². The number of fused-ring (bicyclic) bond motifs is 8. The lowest BCUT2D eigenvalue weighted by molar-refractivity contribution is 0.408. The average Bonchev–Trinajstić information content (AvgIpc) is 3.76. The van der Waals surface area contributed by atoms with Crippen molar-refractivity contribution in [3.63, 3.8) is 0 Å². The fourth-order valence-corrected chi connectivity index (χ4v) is 8.33. The Hall–Kier alpha value is -7.02. The zero-order valence-corrected chi connectivity index (χ0v) is 29.3. The number of aliphatic imine (C=N–C) groups is 1. The van der Waals surface area contributed by atoms with Gasteiger partial charge in [0.2, 0.25) is 0 Å². The Morgan fingerprint density at radius 3 is 1.98 bits per heavy atom. The van der Waals surface area contributed by atoms with Crippen molar-refractivity contribution < 1.29 is 0 Å². The maximum atomic E-state index is 5.16. The molecule has 1 aliphatic heterocycles. The molecule has 11 rings (SSSR count). The molecule has 1 aliphatic rings. The predicted molar refractivity (Wildman–Crippen MR) is 222 cm³/mol. The molecule has 6 heteroatoms. The van der Waals surface area contributed by atoms with Crippen LogP contribution in [-0.2, 0) is 0 Å². The van der Waals surface area contributed by atoms with Crippen LogP contribution >= 0.6 is 0 Å². The van der Waals surface area contributed by atoms with Crippen molar-refractivity contribution in [2.75, 3.05) is 0 Å². The fraction of sp³-hybridized carbons (Fsp3) is 0.0417. The summed E-state index contributed by atoms with van der Waals surface area (Å²) >= 11 is 0. The van der Waals surface area contributed by atoms with Gasteiger partial charge in [-0.3, -0.25) is 9.88 Å². The van der Waals surface area contributed by atoms with Crippen molar-refractivity contribution in [2.24, 2.45) is 4.99 Å². The van der Waals surface area contributed by atoms with E-state index < -0.39 is 0 Å². The van der Waals surface area contributed by atoms with E-state index in [1.54, 1.807) is 0 Å². The number of hydrogen-bond acceptors (Lipinski definition) is 4. The maximum absolute atomic E-state index is 5.16. The van der Waals surface area contributed by atoms with E-state index in [9.17, 15) is 0 Å². The Morgan fingerprint density at radius 2 is 1.19 bits per heavy atom. The van der Waals surface area contributed by atoms with Gasteiger partial charge in [0.15, 0.2) is 0 Å². The van der Waals surface area contributed by atoms with Gasteiger partial charge in [-0.25, -0.2) is 9.98 Å². The van der Waals surface area contributed by atoms with Crippen LogP contribution in [0.4, 0.5) is 0 Å². The first-order valence-electron chi connectivity index (χ1n) is 18.4. The van der Waals surface area contributed by atoms with Crippen LogP contribution in [0, 0.1) is 0 Å². The van der Waals surface area contributed by atoms with E-state index in [4.69, 9.17) is 9.98 Å². The second kappa shape index (κ2) is 12.3. The number of rotatable bonds is 5. The summed E-state index contributed by atoms with van der Waals surface area (Å²) < 4.78 is 4.71. The first-order chi connectivity index (χ1) is 26.8. The molecule has 2 atom stereocenters. The first-order valence-corrected chi connectivity index (χ1v) is 18.4. The maximum Gasteiger partial charge on any atom is 0.137 e. The van der Waals surface area contributed by atoms with Crippen molar-refractivity contribution in [1.29, 1.82) is 0 Å². The SMILES string of the molecule is c1ccc(C2=NC(c3ccc(-n4c5ccccc5c5cc6c7c8ccccc8ccc7n(-c7ccccc7)c6cc54)nc3)NC(c3ccccc3)N2)cc1. The number of hydrogen-bond donors (Lipinski definition) is 2. The number of amidine groups is 1. The van der Waals surface area contributed by atoms with Crippen LogP contribution in [-0.4, -0.2) is 20.0 Å². The summed E-state index contributed by atoms with van der Waals surface area (Å²) in [5.41, 5.74) is 8.91. The lowest BCUT2D eigenvalue weighted by Crippen LogP contribution is -2.44. The molecule has 0 bridgehead atoms. The summed E-state index contributed by atoms with van der Waals surface area (Å²) in [5.74, 6) is 1.71. The number of nitrogens with one attached hydrogen (secondary N) is 2. The Kier molecular flexibility index (Phi) is 6.97. The molecule has 7 aromatic carbocycles. The minimum atomic E-state index is -0.289. The van der Waals surface area contributed by atoms with E-state index in [0.717, 1.165) is 50.6 Å². The lowest BCUT2D eigenvalue weighted by atomic mass is 10.0. The third-order valence-corrected chi connectivity index (χ3v) is 10.8. The van der Waals surface area contributed by atoms with Crippen LogP contribution in [0.2, 0.25) is 0 Å². The van der Waals surface area contributed by atoms with Gasteiger partial charge in [-0.2, -0.15) is 0 Å². The summed E-state index contributed by atoms with van der Waals surface area (Å²) in [7, 11) is 0. The zero-order valence-electron chi connectivity index (χ0n) is 29.3. The number of benzene rings is 7. The standard InChI is InChI=1S/C48H34N6/c1-4-15-32(16-5-1)46-50-47(33-17-6-2-7-18-33)52-48(51-46)34-25-27-44(49-30-34)54-40-23-13-12-22-37(40)38-28-39-43(29-42(38)54)53(35-19-8-3-9-20-35)41-26-24-31-14-10-11-21-36(31)45(39)41/h1-30,46,48,51H,(H,50,52). The smallest absolute Gasteiger partial charge is 0.137 e. The van der Waals surface area contributed by atoms with Crippen LogP contribution in [0.25, 0.3) is 65.9 Å². The number of aromatic nitrogens is 3. The van der Waals surface area contributed by atoms with E-state index in [1.165, 1.54) is 37.8 Å². The van der Waals surface area contributed by atoms with E-state index >= 15 is 0 Å². The van der Waals surface area contributed by atoms with Crippen LogP contribution < -0.4 is 10.6 Å². The lowest BCUT2D eigenvalue weighted by Gasteiger charge is -2.32. The molecule has 6 nitrogen and oxygen atoms in total. The summed E-state index contributed by atoms with van der Waals surface area (Å²) in [6.45, 7) is 0. The molecule has 54 heavy (non-hydrogen) atoms. The summed E-state index contributed by atoms with van der Waals surface area (Å²) in [4.78, 5) is 10.3. The molecule has 0 aliphatic carbocycles. The predicted octanol–water partition coefficient (Wildman–Crippen LogP) is 10.8. The average molecular weight is 695 g/mol. The zero-order chi connectivity index (χ0) is 35.6. The summed E-state index contributed by atoms with van der Waals surface area (Å²) in [6.07, 6.45) is 1.57. The molecule has 0 amide bonds. The Labute approximate surface area is 311 Å². The van der Waals surface area contributed by atoms with Crippen LogP contribution in [0.3, 0.4) is 0 Å². The summed E-state index contributed by atoms with van der Waals surface area (Å²) in [5, 5.41) is 14.7. The van der Waals surface area contributed by atoms with Gasteiger partial charge in [-0.1, -0.05) is 133 Å². The quantitative estimate of drug-likeness (QED) is 0.189. The fourth-order valence-electron chi connectivity index (χ4n) is 8.33. The van der Waals surface area contributed by atoms with Gasteiger partial charge in [0.1, 0.15) is 24.0 Å². The molecule has 0 radical (unpaired) electrons. The van der Waals surface area contributed by atoms with E-state index in [0.29, 0.717) is 0 Å². The van der Waals surface area contributed by atoms with E-state index in [1.807, 2.05) is 30.5 Å². The molecule has 0 saturated heterocycles. The first kappa shape index (κ1) is 30.6. The molecular weight excluding hydrogens is 661 g/mol. The minimum Gasteiger partial charge on any atom is -0.350 e. The summed E-state index contributed by atoms with van der Waals surface area (Å²) in [6, 6.07) is 62.4. The van der Waals surface area contributed by atoms with Gasteiger partial charge in [-0.05, 0) is 58.8 Å². The van der Waals surface area contributed by atoms with Crippen molar-refractivity contribution >= 4 is 60.2 Å². The molecular formula is C48H34N6. The normalized spacial score (nSPS) is 16.0. The van der Waals surface area contributed by atoms with Gasteiger partial charge >= 0.3 is 0 Å². The second-order valence-electron chi connectivity index (χ2n) is 13.9. The highest BCUT2D eigenvalue weighted by Gasteiger charge is 2.26. The number of para-hydroxylation sites is 2. The van der Waals surface area contributed by atoms with Gasteiger partial charge < -0.3 is 9.88 Å². The molecule has 0 spiro atoms. The molecule has 3 aromatic heterocycles. The van der Waals surface area contributed by atoms with Gasteiger partial charge in [-0.15, -0.1) is 0 Å².